The van der Waals surface area contributed by atoms with Crippen LogP contribution in [0.4, 0.5) is 5.00 Å². The number of carboxylic acid groups (broad SMARTS) is 1. The average molecular weight is 252 g/mol. The molecule has 1 aliphatic carbocycles. The van der Waals surface area contributed by atoms with Crippen LogP contribution in [0.15, 0.2) is 0 Å². The molecule has 0 amide bonds. The van der Waals surface area contributed by atoms with Crippen molar-refractivity contribution in [3.63, 3.8) is 0 Å². The van der Waals surface area contributed by atoms with Gasteiger partial charge in [0, 0.05) is 17.6 Å². The van der Waals surface area contributed by atoms with E-state index in [2.05, 4.69) is 0 Å². The van der Waals surface area contributed by atoms with Crippen LogP contribution in [0, 0.1) is 11.3 Å². The van der Waals surface area contributed by atoms with Crippen molar-refractivity contribution in [2.75, 3.05) is 12.8 Å². The van der Waals surface area contributed by atoms with Gasteiger partial charge in [0.05, 0.1) is 5.56 Å². The van der Waals surface area contributed by atoms with Gasteiger partial charge in [-0.05, 0) is 19.3 Å². The molecule has 0 aliphatic heterocycles. The molecule has 0 saturated heterocycles. The smallest absolute Gasteiger partial charge is 0.340 e. The SMILES string of the molecule is CO[C@]1(C(=O)O)CCCc2sc(N)c(C#N)c21. The monoisotopic (exact) mass is 252 g/mol. The first-order valence-electron chi connectivity index (χ1n) is 5.17. The van der Waals surface area contributed by atoms with Crippen molar-refractivity contribution in [3.8, 4) is 6.07 Å². The average Bonchev–Trinajstić information content (AvgIpc) is 2.63. The zero-order valence-corrected chi connectivity index (χ0v) is 10.1. The third-order valence-corrected chi connectivity index (χ3v) is 4.23. The molecule has 17 heavy (non-hydrogen) atoms. The number of thiophene rings is 1. The molecule has 1 atom stereocenters. The van der Waals surface area contributed by atoms with Crippen molar-refractivity contribution < 1.29 is 14.6 Å². The maximum atomic E-state index is 11.5. The minimum atomic E-state index is -1.41. The van der Waals surface area contributed by atoms with Gasteiger partial charge in [0.15, 0.2) is 5.60 Å². The van der Waals surface area contributed by atoms with Gasteiger partial charge in [-0.3, -0.25) is 0 Å². The van der Waals surface area contributed by atoms with Crippen LogP contribution in [0.3, 0.4) is 0 Å². The molecule has 0 saturated carbocycles. The molecule has 0 bridgehead atoms. The summed E-state index contributed by atoms with van der Waals surface area (Å²) in [5, 5.41) is 18.9. The van der Waals surface area contributed by atoms with E-state index in [9.17, 15) is 9.90 Å². The maximum Gasteiger partial charge on any atom is 0.340 e. The molecular formula is C11H12N2O3S. The Kier molecular flexibility index (Phi) is 2.81. The number of carbonyl (C=O) groups is 1. The Morgan fingerprint density at radius 2 is 2.41 bits per heavy atom. The minimum absolute atomic E-state index is 0.258. The number of nitriles is 1. The van der Waals surface area contributed by atoms with Crippen molar-refractivity contribution in [1.29, 1.82) is 5.26 Å². The van der Waals surface area contributed by atoms with Gasteiger partial charge in [-0.25, -0.2) is 4.79 Å². The Balaban J connectivity index is 2.73. The molecule has 1 heterocycles. The highest BCUT2D eigenvalue weighted by atomic mass is 32.1. The molecule has 2 rings (SSSR count). The molecule has 5 nitrogen and oxygen atoms in total. The van der Waals surface area contributed by atoms with E-state index in [0.29, 0.717) is 17.0 Å². The Morgan fingerprint density at radius 3 is 2.94 bits per heavy atom. The molecule has 6 heteroatoms. The lowest BCUT2D eigenvalue weighted by Crippen LogP contribution is -2.40. The van der Waals surface area contributed by atoms with Gasteiger partial charge < -0.3 is 15.6 Å². The van der Waals surface area contributed by atoms with Crippen LogP contribution in [0.25, 0.3) is 0 Å². The molecule has 0 spiro atoms. The van der Waals surface area contributed by atoms with Crippen molar-refractivity contribution in [2.45, 2.75) is 24.9 Å². The number of hydrogen-bond acceptors (Lipinski definition) is 5. The lowest BCUT2D eigenvalue weighted by Gasteiger charge is -2.32. The number of nitrogen functional groups attached to an aromatic ring is 1. The normalized spacial score (nSPS) is 22.8. The van der Waals surface area contributed by atoms with Crippen LogP contribution in [-0.2, 0) is 21.6 Å². The fourth-order valence-corrected chi connectivity index (χ4v) is 3.47. The number of fused-ring (bicyclic) bond motifs is 1. The van der Waals surface area contributed by atoms with Gasteiger partial charge in [0.2, 0.25) is 0 Å². The molecule has 0 unspecified atom stereocenters. The summed E-state index contributed by atoms with van der Waals surface area (Å²) < 4.78 is 5.22. The number of nitrogens with two attached hydrogens (primary N) is 1. The van der Waals surface area contributed by atoms with Gasteiger partial charge in [0.1, 0.15) is 11.1 Å². The number of nitrogens with zero attached hydrogens (tertiary/aromatic N) is 1. The van der Waals surface area contributed by atoms with Crippen LogP contribution in [0.5, 0.6) is 0 Å². The van der Waals surface area contributed by atoms with Gasteiger partial charge in [-0.2, -0.15) is 5.26 Å². The van der Waals surface area contributed by atoms with E-state index >= 15 is 0 Å². The third kappa shape index (κ3) is 1.51. The number of rotatable bonds is 2. The number of anilines is 1. The van der Waals surface area contributed by atoms with Crippen LogP contribution in [0.2, 0.25) is 0 Å². The van der Waals surface area contributed by atoms with Gasteiger partial charge in [-0.15, -0.1) is 11.3 Å². The summed E-state index contributed by atoms with van der Waals surface area (Å²) in [7, 11) is 1.36. The second-order valence-corrected chi connectivity index (χ2v) is 5.08. The van der Waals surface area contributed by atoms with Crippen LogP contribution >= 0.6 is 11.3 Å². The zero-order valence-electron chi connectivity index (χ0n) is 9.32. The number of hydrogen-bond donors (Lipinski definition) is 2. The predicted octanol–water partition coefficient (Wildman–Crippen LogP) is 1.46. The van der Waals surface area contributed by atoms with Crippen LogP contribution in [0.1, 0.15) is 28.8 Å². The first kappa shape index (κ1) is 11.9. The topological polar surface area (TPSA) is 96.3 Å². The van der Waals surface area contributed by atoms with Crippen LogP contribution < -0.4 is 5.73 Å². The van der Waals surface area contributed by atoms with E-state index in [0.717, 1.165) is 17.7 Å². The predicted molar refractivity (Wildman–Crippen MR) is 62.7 cm³/mol. The Bertz CT molecular complexity index is 518. The summed E-state index contributed by atoms with van der Waals surface area (Å²) in [6.45, 7) is 0. The quantitative estimate of drug-likeness (QED) is 0.830. The first-order chi connectivity index (χ1) is 8.06. The summed E-state index contributed by atoms with van der Waals surface area (Å²) >= 11 is 1.29. The Labute approximate surface area is 102 Å². The Hall–Kier alpha value is -1.58. The van der Waals surface area contributed by atoms with E-state index in [-0.39, 0.29) is 5.56 Å². The molecule has 3 N–H and O–H groups in total. The zero-order chi connectivity index (χ0) is 12.6. The molecular weight excluding hydrogens is 240 g/mol. The lowest BCUT2D eigenvalue weighted by atomic mass is 9.81. The van der Waals surface area contributed by atoms with E-state index in [1.807, 2.05) is 6.07 Å². The highest BCUT2D eigenvalue weighted by Gasteiger charge is 2.47. The standard InChI is InChI=1S/C11H12N2O3S/c1-16-11(10(14)15)4-2-3-7-8(11)6(5-12)9(13)17-7/h2-4,13H2,1H3,(H,14,15)/t11-/m1/s1. The van der Waals surface area contributed by atoms with Crippen molar-refractivity contribution in [2.24, 2.45) is 0 Å². The summed E-state index contributed by atoms with van der Waals surface area (Å²) in [6.07, 6.45) is 1.85. The van der Waals surface area contributed by atoms with Gasteiger partial charge in [-0.1, -0.05) is 0 Å². The molecule has 1 aromatic rings. The molecule has 1 aromatic heterocycles. The summed E-state index contributed by atoms with van der Waals surface area (Å²) in [6, 6.07) is 1.99. The van der Waals surface area contributed by atoms with E-state index in [1.54, 1.807) is 0 Å². The highest BCUT2D eigenvalue weighted by molar-refractivity contribution is 7.16. The lowest BCUT2D eigenvalue weighted by molar-refractivity contribution is -0.165. The number of ether oxygens (including phenoxy) is 1. The van der Waals surface area contributed by atoms with Crippen molar-refractivity contribution in [1.82, 2.24) is 0 Å². The first-order valence-corrected chi connectivity index (χ1v) is 5.98. The van der Waals surface area contributed by atoms with E-state index in [1.165, 1.54) is 18.4 Å². The fraction of sp³-hybridized carbons (Fsp3) is 0.455. The molecule has 0 aromatic carbocycles. The van der Waals surface area contributed by atoms with E-state index < -0.39 is 11.6 Å². The van der Waals surface area contributed by atoms with Crippen molar-refractivity contribution in [3.05, 3.63) is 16.0 Å². The number of carboxylic acids is 1. The summed E-state index contributed by atoms with van der Waals surface area (Å²) in [5.41, 5.74) is 5.07. The highest BCUT2D eigenvalue weighted by Crippen LogP contribution is 2.46. The van der Waals surface area contributed by atoms with E-state index in [4.69, 9.17) is 15.7 Å². The minimum Gasteiger partial charge on any atom is -0.479 e. The second-order valence-electron chi connectivity index (χ2n) is 3.94. The number of methoxy groups -OCH3 is 1. The van der Waals surface area contributed by atoms with Crippen LogP contribution in [-0.4, -0.2) is 18.2 Å². The fourth-order valence-electron chi connectivity index (χ4n) is 2.34. The molecule has 0 radical (unpaired) electrons. The van der Waals surface area contributed by atoms with Crippen molar-refractivity contribution >= 4 is 22.3 Å². The number of aliphatic carboxylic acids is 1. The molecule has 1 aliphatic rings. The maximum absolute atomic E-state index is 11.5. The van der Waals surface area contributed by atoms with Gasteiger partial charge in [0.25, 0.3) is 0 Å². The third-order valence-electron chi connectivity index (χ3n) is 3.15. The largest absolute Gasteiger partial charge is 0.479 e. The second kappa shape index (κ2) is 4.02. The molecule has 0 fully saturated rings. The number of aryl methyl sites for hydroxylation is 1. The Morgan fingerprint density at radius 1 is 1.71 bits per heavy atom. The molecule has 90 valence electrons. The summed E-state index contributed by atoms with van der Waals surface area (Å²) in [4.78, 5) is 12.3. The van der Waals surface area contributed by atoms with Gasteiger partial charge >= 0.3 is 5.97 Å². The summed E-state index contributed by atoms with van der Waals surface area (Å²) in [5.74, 6) is -1.06.